The minimum Gasteiger partial charge on any atom is -0.502 e. The molecule has 0 heterocycles. The molecule has 3 aromatic carbocycles. The number of nitrogens with one attached hydrogen (secondary N) is 3. The van der Waals surface area contributed by atoms with Crippen LogP contribution in [0.5, 0.6) is 23.0 Å². The first-order valence-electron chi connectivity index (χ1n) is 11.1. The predicted octanol–water partition coefficient (Wildman–Crippen LogP) is 2.97. The van der Waals surface area contributed by atoms with Crippen LogP contribution in [0.2, 0.25) is 0 Å². The molecule has 0 radical (unpaired) electrons. The van der Waals surface area contributed by atoms with E-state index in [1.807, 2.05) is 0 Å². The summed E-state index contributed by atoms with van der Waals surface area (Å²) in [6.07, 6.45) is -5.23. The largest absolute Gasteiger partial charge is 0.502 e. The second kappa shape index (κ2) is 12.4. The zero-order chi connectivity index (χ0) is 28.6. The third-order valence-corrected chi connectivity index (χ3v) is 5.11. The van der Waals surface area contributed by atoms with Crippen molar-refractivity contribution in [3.05, 3.63) is 77.9 Å². The Labute approximate surface area is 220 Å². The van der Waals surface area contributed by atoms with Crippen molar-refractivity contribution in [1.82, 2.24) is 10.9 Å². The number of methoxy groups -OCH3 is 2. The first-order valence-corrected chi connectivity index (χ1v) is 11.1. The Morgan fingerprint density at radius 3 is 2.13 bits per heavy atom. The fraction of sp³-hybridized carbons (Fsp3) is 0.160. The van der Waals surface area contributed by atoms with E-state index >= 15 is 0 Å². The van der Waals surface area contributed by atoms with Crippen LogP contribution in [0.3, 0.4) is 0 Å². The number of hydrazine groups is 1. The van der Waals surface area contributed by atoms with Gasteiger partial charge in [-0.05, 0) is 42.0 Å². The fourth-order valence-corrected chi connectivity index (χ4v) is 3.21. The van der Waals surface area contributed by atoms with Crippen molar-refractivity contribution in [3.8, 4) is 23.0 Å². The van der Waals surface area contributed by atoms with E-state index in [9.17, 15) is 27.9 Å². The average molecular weight is 547 g/mol. The van der Waals surface area contributed by atoms with E-state index in [1.54, 1.807) is 30.3 Å². The summed E-state index contributed by atoms with van der Waals surface area (Å²) in [5.74, 6) is -4.35. The SMILES string of the molecule is COc1cc(C(N/N=C(\N)c2ccccc2OC(=O)C(F)(F)F)C(=O)NNc2ccccc2)cc(OC)c1O. The van der Waals surface area contributed by atoms with Gasteiger partial charge < -0.3 is 25.1 Å². The molecule has 0 aromatic heterocycles. The highest BCUT2D eigenvalue weighted by Crippen LogP contribution is 2.38. The van der Waals surface area contributed by atoms with Crippen LogP contribution in [-0.4, -0.2) is 43.2 Å². The number of nitrogens with zero attached hydrogens (tertiary/aromatic N) is 1. The molecule has 0 aliphatic carbocycles. The summed E-state index contributed by atoms with van der Waals surface area (Å²) in [5.41, 5.74) is 14.4. The Kier molecular flexibility index (Phi) is 9.04. The van der Waals surface area contributed by atoms with Gasteiger partial charge in [0.15, 0.2) is 17.3 Å². The van der Waals surface area contributed by atoms with Gasteiger partial charge in [0.2, 0.25) is 5.75 Å². The van der Waals surface area contributed by atoms with Crippen LogP contribution >= 0.6 is 0 Å². The lowest BCUT2D eigenvalue weighted by Crippen LogP contribution is -2.39. The number of para-hydroxylation sites is 2. The number of rotatable bonds is 10. The van der Waals surface area contributed by atoms with Crippen LogP contribution in [0.4, 0.5) is 18.9 Å². The summed E-state index contributed by atoms with van der Waals surface area (Å²) >= 11 is 0. The standard InChI is InChI=1S/C25H24F3N5O6/c1-37-18-12-14(13-19(38-2)21(18)34)20(23(35)33-30-15-8-4-3-5-9-15)31-32-22(29)16-10-6-7-11-17(16)39-24(36)25(26,27)28/h3-13,20,30-31,34H,1-2H3,(H2,29,32)(H,33,35). The molecule has 1 amide bonds. The molecular formula is C25H24F3N5O6. The number of anilines is 1. The molecule has 0 aliphatic heterocycles. The van der Waals surface area contributed by atoms with Gasteiger partial charge in [0.25, 0.3) is 5.91 Å². The lowest BCUT2D eigenvalue weighted by Gasteiger charge is -2.20. The minimum absolute atomic E-state index is 0.0127. The molecule has 1 unspecified atom stereocenters. The highest BCUT2D eigenvalue weighted by atomic mass is 19.4. The number of halogens is 3. The number of phenols is 1. The fourth-order valence-electron chi connectivity index (χ4n) is 3.21. The van der Waals surface area contributed by atoms with Gasteiger partial charge in [0.1, 0.15) is 11.8 Å². The number of esters is 1. The van der Waals surface area contributed by atoms with Gasteiger partial charge in [-0.3, -0.25) is 21.1 Å². The molecule has 3 aromatic rings. The summed E-state index contributed by atoms with van der Waals surface area (Å²) in [6.45, 7) is 0. The van der Waals surface area contributed by atoms with E-state index in [2.05, 4.69) is 26.1 Å². The van der Waals surface area contributed by atoms with Crippen LogP contribution < -0.4 is 36.2 Å². The van der Waals surface area contributed by atoms with Crippen molar-refractivity contribution in [1.29, 1.82) is 0 Å². The lowest BCUT2D eigenvalue weighted by molar-refractivity contribution is -0.189. The molecule has 14 heteroatoms. The molecule has 0 saturated heterocycles. The molecule has 3 rings (SSSR count). The van der Waals surface area contributed by atoms with Crippen molar-refractivity contribution in [2.75, 3.05) is 19.6 Å². The maximum Gasteiger partial charge on any atom is 0.491 e. The molecule has 6 N–H and O–H groups in total. The number of aromatic hydroxyl groups is 1. The van der Waals surface area contributed by atoms with Crippen molar-refractivity contribution in [2.45, 2.75) is 12.2 Å². The van der Waals surface area contributed by atoms with Gasteiger partial charge in [0, 0.05) is 0 Å². The normalized spacial score (nSPS) is 12.2. The van der Waals surface area contributed by atoms with Crippen molar-refractivity contribution in [2.24, 2.45) is 10.8 Å². The summed E-state index contributed by atoms with van der Waals surface area (Å²) in [5, 5.41) is 14.2. The molecule has 1 atom stereocenters. The van der Waals surface area contributed by atoms with E-state index in [0.29, 0.717) is 5.69 Å². The van der Waals surface area contributed by atoms with Crippen molar-refractivity contribution >= 4 is 23.4 Å². The smallest absolute Gasteiger partial charge is 0.491 e. The zero-order valence-electron chi connectivity index (χ0n) is 20.6. The highest BCUT2D eigenvalue weighted by Gasteiger charge is 2.41. The first kappa shape index (κ1) is 28.4. The summed E-state index contributed by atoms with van der Waals surface area (Å²) in [7, 11) is 2.60. The van der Waals surface area contributed by atoms with Gasteiger partial charge in [-0.1, -0.05) is 30.3 Å². The van der Waals surface area contributed by atoms with Gasteiger partial charge in [-0.15, -0.1) is 0 Å². The van der Waals surface area contributed by atoms with Gasteiger partial charge >= 0.3 is 12.1 Å². The topological polar surface area (TPSA) is 157 Å². The first-order chi connectivity index (χ1) is 18.5. The number of nitrogens with two attached hydrogens (primary N) is 1. The van der Waals surface area contributed by atoms with Crippen LogP contribution in [-0.2, 0) is 9.59 Å². The van der Waals surface area contributed by atoms with E-state index in [-0.39, 0.29) is 28.4 Å². The van der Waals surface area contributed by atoms with Gasteiger partial charge in [0.05, 0.1) is 25.5 Å². The number of carbonyl (C=O) groups is 2. The lowest BCUT2D eigenvalue weighted by atomic mass is 10.1. The van der Waals surface area contributed by atoms with Crippen molar-refractivity contribution in [3.63, 3.8) is 0 Å². The number of carbonyl (C=O) groups excluding carboxylic acids is 2. The molecule has 39 heavy (non-hydrogen) atoms. The van der Waals surface area contributed by atoms with E-state index < -0.39 is 35.7 Å². The van der Waals surface area contributed by atoms with E-state index in [4.69, 9.17) is 15.2 Å². The Balaban J connectivity index is 1.95. The number of amidine groups is 1. The minimum atomic E-state index is -5.23. The predicted molar refractivity (Wildman–Crippen MR) is 134 cm³/mol. The maximum absolute atomic E-state index is 13.2. The highest BCUT2D eigenvalue weighted by molar-refractivity contribution is 6.00. The van der Waals surface area contributed by atoms with Crippen LogP contribution in [0, 0.1) is 0 Å². The molecule has 0 spiro atoms. The Bertz CT molecular complexity index is 1330. The van der Waals surface area contributed by atoms with Gasteiger partial charge in [-0.25, -0.2) is 4.79 Å². The van der Waals surface area contributed by atoms with Crippen LogP contribution in [0.1, 0.15) is 17.2 Å². The van der Waals surface area contributed by atoms with Crippen molar-refractivity contribution < 1.29 is 42.1 Å². The van der Waals surface area contributed by atoms with E-state index in [0.717, 1.165) is 6.07 Å². The van der Waals surface area contributed by atoms with E-state index in [1.165, 1.54) is 44.6 Å². The number of alkyl halides is 3. The average Bonchev–Trinajstić information content (AvgIpc) is 2.92. The quantitative estimate of drug-likeness (QED) is 0.0847. The third kappa shape index (κ3) is 7.21. The molecule has 206 valence electrons. The number of phenolic OH excluding ortho intramolecular Hbond substituents is 1. The van der Waals surface area contributed by atoms with Crippen LogP contribution in [0.15, 0.2) is 71.8 Å². The third-order valence-electron chi connectivity index (χ3n) is 5.11. The second-order valence-electron chi connectivity index (χ2n) is 7.70. The summed E-state index contributed by atoms with van der Waals surface area (Å²) < 4.78 is 52.9. The second-order valence-corrected chi connectivity index (χ2v) is 7.70. The number of benzene rings is 3. The molecule has 0 fully saturated rings. The maximum atomic E-state index is 13.2. The number of ether oxygens (including phenoxy) is 3. The number of hydrogen-bond acceptors (Lipinski definition) is 9. The number of amides is 1. The number of hydrazone groups is 1. The monoisotopic (exact) mass is 547 g/mol. The molecule has 0 bridgehead atoms. The summed E-state index contributed by atoms with van der Waals surface area (Å²) in [4.78, 5) is 24.5. The van der Waals surface area contributed by atoms with Crippen LogP contribution in [0.25, 0.3) is 0 Å². The Hall–Kier alpha value is -5.14. The summed E-state index contributed by atoms with van der Waals surface area (Å²) in [6, 6.07) is 15.2. The Morgan fingerprint density at radius 1 is 0.949 bits per heavy atom. The molecule has 0 aliphatic rings. The number of hydrogen-bond donors (Lipinski definition) is 5. The molecule has 11 nitrogen and oxygen atoms in total. The molecule has 0 saturated carbocycles. The Morgan fingerprint density at radius 2 is 1.54 bits per heavy atom. The molecular weight excluding hydrogens is 523 g/mol. The van der Waals surface area contributed by atoms with Gasteiger partial charge in [-0.2, -0.15) is 18.3 Å². The zero-order valence-corrected chi connectivity index (χ0v) is 20.6.